The first-order chi connectivity index (χ1) is 17.6. The number of benzene rings is 2. The summed E-state index contributed by atoms with van der Waals surface area (Å²) in [7, 11) is 0. The molecule has 0 spiro atoms. The van der Waals surface area contributed by atoms with E-state index in [0.717, 1.165) is 10.9 Å². The number of nitrogens with zero attached hydrogens (tertiary/aromatic N) is 4. The van der Waals surface area contributed by atoms with Gasteiger partial charge in [0.25, 0.3) is 0 Å². The number of rotatable bonds is 8. The Morgan fingerprint density at radius 2 is 2.03 bits per heavy atom. The van der Waals surface area contributed by atoms with Gasteiger partial charge in [-0.2, -0.15) is 10.1 Å². The predicted octanol–water partition coefficient (Wildman–Crippen LogP) is 3.03. The first-order valence-corrected chi connectivity index (χ1v) is 11.3. The molecule has 1 aliphatic rings. The van der Waals surface area contributed by atoms with E-state index in [0.29, 0.717) is 49.3 Å². The second-order valence-corrected chi connectivity index (χ2v) is 7.91. The van der Waals surface area contributed by atoms with Gasteiger partial charge in [0.05, 0.1) is 31.5 Å². The lowest BCUT2D eigenvalue weighted by molar-refractivity contribution is 0.122. The van der Waals surface area contributed by atoms with Crippen LogP contribution in [-0.4, -0.2) is 76.1 Å². The summed E-state index contributed by atoms with van der Waals surface area (Å²) < 4.78 is 16.2. The molecule has 0 bridgehead atoms. The maximum Gasteiger partial charge on any atom is 0.511 e. The Morgan fingerprint density at radius 3 is 2.83 bits per heavy atom. The molecule has 4 aromatic rings. The van der Waals surface area contributed by atoms with Crippen molar-refractivity contribution in [3.63, 3.8) is 0 Å². The Hall–Kier alpha value is -4.42. The quantitative estimate of drug-likeness (QED) is 0.268. The van der Waals surface area contributed by atoms with Crippen LogP contribution in [0.15, 0.2) is 48.7 Å². The molecule has 1 aliphatic heterocycles. The molecule has 2 aromatic heterocycles. The Morgan fingerprint density at radius 1 is 1.17 bits per heavy atom. The zero-order valence-corrected chi connectivity index (χ0v) is 19.2. The largest absolute Gasteiger partial charge is 0.511 e. The predicted molar refractivity (Wildman–Crippen MR) is 131 cm³/mol. The summed E-state index contributed by atoms with van der Waals surface area (Å²) in [6, 6.07) is 12.5. The second kappa shape index (κ2) is 10.5. The zero-order chi connectivity index (χ0) is 24.9. The summed E-state index contributed by atoms with van der Waals surface area (Å²) in [5.41, 5.74) is 2.36. The van der Waals surface area contributed by atoms with Crippen molar-refractivity contribution in [1.29, 1.82) is 0 Å². The van der Waals surface area contributed by atoms with Gasteiger partial charge in [0.2, 0.25) is 11.7 Å². The van der Waals surface area contributed by atoms with Gasteiger partial charge in [0.15, 0.2) is 5.82 Å². The number of fused-ring (bicyclic) bond motifs is 1. The van der Waals surface area contributed by atoms with Crippen molar-refractivity contribution < 1.29 is 29.2 Å². The van der Waals surface area contributed by atoms with E-state index in [4.69, 9.17) is 24.3 Å². The first kappa shape index (κ1) is 23.3. The fourth-order valence-corrected chi connectivity index (χ4v) is 3.86. The summed E-state index contributed by atoms with van der Waals surface area (Å²) in [6.45, 7) is 2.19. The molecule has 1 fully saturated rings. The molecule has 1 saturated heterocycles. The standard InChI is InChI=1S/C24H24N6O6/c31-8-11-35-18-3-1-2-15(13-18)20-21(36-24(32)33)22(28-23(27-20)30-6-9-34-10-7-30)26-17-4-5-19-16(12-17)14-25-29-19/h1-5,12-14,31H,6-11H2,(H,25,29)(H,32,33)(H,26,27,28). The molecule has 12 nitrogen and oxygen atoms in total. The number of aliphatic hydroxyl groups is 1. The highest BCUT2D eigenvalue weighted by atomic mass is 16.7. The summed E-state index contributed by atoms with van der Waals surface area (Å²) in [5, 5.41) is 29.6. The number of anilines is 3. The minimum Gasteiger partial charge on any atom is -0.491 e. The number of ether oxygens (including phenoxy) is 3. The number of aromatic nitrogens is 4. The van der Waals surface area contributed by atoms with Crippen LogP contribution in [-0.2, 0) is 4.74 Å². The Labute approximate surface area is 205 Å². The molecule has 0 aliphatic carbocycles. The van der Waals surface area contributed by atoms with Crippen LogP contribution in [0.5, 0.6) is 11.5 Å². The fraction of sp³-hybridized carbons (Fsp3) is 0.250. The van der Waals surface area contributed by atoms with Crippen LogP contribution < -0.4 is 19.7 Å². The molecule has 0 atom stereocenters. The molecule has 3 heterocycles. The number of hydrogen-bond donors (Lipinski definition) is 4. The second-order valence-electron chi connectivity index (χ2n) is 7.91. The number of hydrogen-bond acceptors (Lipinski definition) is 10. The van der Waals surface area contributed by atoms with Gasteiger partial charge >= 0.3 is 6.16 Å². The van der Waals surface area contributed by atoms with Crippen LogP contribution in [0.1, 0.15) is 0 Å². The van der Waals surface area contributed by atoms with Crippen LogP contribution in [0.4, 0.5) is 22.2 Å². The maximum absolute atomic E-state index is 11.7. The van der Waals surface area contributed by atoms with Gasteiger partial charge in [-0.15, -0.1) is 0 Å². The molecule has 0 unspecified atom stereocenters. The zero-order valence-electron chi connectivity index (χ0n) is 19.2. The highest BCUT2D eigenvalue weighted by Crippen LogP contribution is 2.39. The third-order valence-corrected chi connectivity index (χ3v) is 5.51. The average Bonchev–Trinajstić information content (AvgIpc) is 3.37. The SMILES string of the molecule is O=C(O)Oc1c(Nc2ccc3[nH]ncc3c2)nc(N2CCOCC2)nc1-c1cccc(OCCO)c1. The first-order valence-electron chi connectivity index (χ1n) is 11.3. The summed E-state index contributed by atoms with van der Waals surface area (Å²) in [6.07, 6.45) is 0.192. The molecule has 0 saturated carbocycles. The van der Waals surface area contributed by atoms with Gasteiger partial charge in [-0.1, -0.05) is 12.1 Å². The lowest BCUT2D eigenvalue weighted by Gasteiger charge is -2.28. The number of H-pyrrole nitrogens is 1. The van der Waals surface area contributed by atoms with E-state index in [2.05, 4.69) is 20.5 Å². The van der Waals surface area contributed by atoms with E-state index >= 15 is 0 Å². The third-order valence-electron chi connectivity index (χ3n) is 5.51. The van der Waals surface area contributed by atoms with Crippen molar-refractivity contribution in [2.75, 3.05) is 49.7 Å². The highest BCUT2D eigenvalue weighted by Gasteiger charge is 2.24. The molecule has 0 radical (unpaired) electrons. The van der Waals surface area contributed by atoms with E-state index < -0.39 is 6.16 Å². The van der Waals surface area contributed by atoms with Crippen LogP contribution in [0.2, 0.25) is 0 Å². The summed E-state index contributed by atoms with van der Waals surface area (Å²) in [4.78, 5) is 23.0. The summed E-state index contributed by atoms with van der Waals surface area (Å²) >= 11 is 0. The molecular formula is C24H24N6O6. The smallest absolute Gasteiger partial charge is 0.491 e. The summed E-state index contributed by atoms with van der Waals surface area (Å²) in [5.74, 6) is 1.04. The normalized spacial score (nSPS) is 13.5. The van der Waals surface area contributed by atoms with Gasteiger partial charge < -0.3 is 34.6 Å². The van der Waals surface area contributed by atoms with E-state index in [1.165, 1.54) is 0 Å². The molecule has 4 N–H and O–H groups in total. The number of morpholine rings is 1. The number of carboxylic acid groups (broad SMARTS) is 1. The minimum atomic E-state index is -1.50. The Balaban J connectivity index is 1.63. The van der Waals surface area contributed by atoms with Crippen molar-refractivity contribution in [3.05, 3.63) is 48.7 Å². The molecule has 36 heavy (non-hydrogen) atoms. The Kier molecular flexibility index (Phi) is 6.78. The monoisotopic (exact) mass is 492 g/mol. The number of aliphatic hydroxyl groups excluding tert-OH is 1. The van der Waals surface area contributed by atoms with Gasteiger partial charge in [-0.05, 0) is 30.3 Å². The van der Waals surface area contributed by atoms with Crippen molar-refractivity contribution in [1.82, 2.24) is 20.2 Å². The molecule has 0 amide bonds. The number of nitrogens with one attached hydrogen (secondary N) is 2. The molecular weight excluding hydrogens is 468 g/mol. The lowest BCUT2D eigenvalue weighted by Crippen LogP contribution is -2.37. The number of aromatic amines is 1. The van der Waals surface area contributed by atoms with Crippen molar-refractivity contribution >= 4 is 34.5 Å². The van der Waals surface area contributed by atoms with Crippen LogP contribution in [0.25, 0.3) is 22.2 Å². The number of carbonyl (C=O) groups is 1. The van der Waals surface area contributed by atoms with Crippen LogP contribution in [0.3, 0.4) is 0 Å². The Bertz CT molecular complexity index is 1370. The van der Waals surface area contributed by atoms with Gasteiger partial charge in [-0.3, -0.25) is 5.10 Å². The highest BCUT2D eigenvalue weighted by molar-refractivity contribution is 5.85. The van der Waals surface area contributed by atoms with E-state index in [-0.39, 0.29) is 30.5 Å². The van der Waals surface area contributed by atoms with Crippen molar-refractivity contribution in [2.45, 2.75) is 0 Å². The van der Waals surface area contributed by atoms with Gasteiger partial charge in [0.1, 0.15) is 18.1 Å². The van der Waals surface area contributed by atoms with Gasteiger partial charge in [-0.25, -0.2) is 9.78 Å². The van der Waals surface area contributed by atoms with E-state index in [1.807, 2.05) is 23.1 Å². The van der Waals surface area contributed by atoms with E-state index in [9.17, 15) is 9.90 Å². The average molecular weight is 492 g/mol. The van der Waals surface area contributed by atoms with Crippen molar-refractivity contribution in [3.8, 4) is 22.8 Å². The molecule has 2 aromatic carbocycles. The molecule has 5 rings (SSSR count). The molecule has 186 valence electrons. The maximum atomic E-state index is 11.7. The van der Waals surface area contributed by atoms with Gasteiger partial charge in [0, 0.05) is 29.7 Å². The minimum absolute atomic E-state index is 0.0499. The topological polar surface area (TPSA) is 155 Å². The van der Waals surface area contributed by atoms with Crippen molar-refractivity contribution in [2.24, 2.45) is 0 Å². The molecule has 12 heteroatoms. The van der Waals surface area contributed by atoms with Crippen LogP contribution >= 0.6 is 0 Å². The van der Waals surface area contributed by atoms with E-state index in [1.54, 1.807) is 30.5 Å². The lowest BCUT2D eigenvalue weighted by atomic mass is 10.1. The third kappa shape index (κ3) is 5.14. The van der Waals surface area contributed by atoms with Crippen LogP contribution in [0, 0.1) is 0 Å². The fourth-order valence-electron chi connectivity index (χ4n) is 3.86.